The smallest absolute Gasteiger partial charge is 0.299 e. The number of nitrogens with two attached hydrogens (primary N) is 2. The predicted octanol–water partition coefficient (Wildman–Crippen LogP) is -2.41. The molecule has 0 saturated heterocycles. The minimum Gasteiger partial charge on any atom is -0.476 e. The second kappa shape index (κ2) is 8.46. The lowest BCUT2D eigenvalue weighted by Gasteiger charge is -2.10. The molecule has 1 heterocycles. The summed E-state index contributed by atoms with van der Waals surface area (Å²) < 4.78 is 94.4. The Labute approximate surface area is 156 Å². The summed E-state index contributed by atoms with van der Waals surface area (Å²) in [6.07, 6.45) is 0. The number of nitrogens with zero attached hydrogens (tertiary/aromatic N) is 2. The molecular formula is C8H17ClN4O9S4. The van der Waals surface area contributed by atoms with Gasteiger partial charge in [0.2, 0.25) is 30.2 Å². The van der Waals surface area contributed by atoms with Crippen molar-refractivity contribution in [1.29, 1.82) is 0 Å². The summed E-state index contributed by atoms with van der Waals surface area (Å²) in [5.41, 5.74) is 0. The second-order valence-corrected chi connectivity index (χ2v) is 12.5. The molecule has 0 spiro atoms. The third kappa shape index (κ3) is 7.43. The average Bonchev–Trinajstić information content (AvgIpc) is 2.55. The van der Waals surface area contributed by atoms with Gasteiger partial charge in [-0.1, -0.05) is 11.6 Å². The summed E-state index contributed by atoms with van der Waals surface area (Å²) in [4.78, 5) is 0. The van der Waals surface area contributed by atoms with Crippen molar-refractivity contribution in [3.63, 3.8) is 0 Å². The van der Waals surface area contributed by atoms with Crippen molar-refractivity contribution in [1.82, 2.24) is 4.31 Å². The lowest BCUT2D eigenvalue weighted by Crippen LogP contribution is -2.27. The first-order valence-electron chi connectivity index (χ1n) is 6.16. The highest BCUT2D eigenvalue weighted by atomic mass is 35.5. The third-order valence-corrected chi connectivity index (χ3v) is 9.31. The van der Waals surface area contributed by atoms with Crippen molar-refractivity contribution >= 4 is 57.6 Å². The molecule has 0 fully saturated rings. The van der Waals surface area contributed by atoms with E-state index in [1.807, 2.05) is 0 Å². The number of halogens is 1. The van der Waals surface area contributed by atoms with Crippen LogP contribution in [-0.2, 0) is 44.8 Å². The molecule has 26 heavy (non-hydrogen) atoms. The van der Waals surface area contributed by atoms with E-state index in [2.05, 4.69) is 14.7 Å². The number of primary sulfonamides is 2. The maximum Gasteiger partial charge on any atom is 0.299 e. The van der Waals surface area contributed by atoms with Gasteiger partial charge in [-0.05, 0) is 6.92 Å². The largest absolute Gasteiger partial charge is 0.476 e. The van der Waals surface area contributed by atoms with E-state index in [4.69, 9.17) is 16.3 Å². The summed E-state index contributed by atoms with van der Waals surface area (Å²) in [7, 11) is -14.1. The first kappa shape index (κ1) is 25.2. The Hall–Kier alpha value is -0.820. The van der Waals surface area contributed by atoms with Crippen LogP contribution in [0.15, 0.2) is 13.7 Å². The van der Waals surface area contributed by atoms with Gasteiger partial charge in [-0.2, -0.15) is 8.42 Å². The van der Waals surface area contributed by atoms with Crippen molar-refractivity contribution in [3.8, 4) is 0 Å². The maximum atomic E-state index is 11.8. The third-order valence-electron chi connectivity index (χ3n) is 2.13. The molecule has 0 aliphatic carbocycles. The highest BCUT2D eigenvalue weighted by Gasteiger charge is 2.42. The number of rotatable bonds is 5. The monoisotopic (exact) mass is 476 g/mol. The molecule has 13 nitrogen and oxygen atoms in total. The fourth-order valence-corrected chi connectivity index (χ4v) is 6.85. The number of ether oxygens (including phenoxy) is 1. The van der Waals surface area contributed by atoms with Crippen molar-refractivity contribution in [2.45, 2.75) is 6.92 Å². The van der Waals surface area contributed by atoms with Gasteiger partial charge in [-0.3, -0.25) is 0 Å². The lowest BCUT2D eigenvalue weighted by atomic mass is 10.6. The molecule has 0 atom stereocenters. The molecule has 0 unspecified atom stereocenters. The molecule has 0 saturated carbocycles. The minimum absolute atomic E-state index is 0.125. The number of hydrogen-bond donors (Lipinski definition) is 2. The number of sulfonamides is 4. The lowest BCUT2D eigenvalue weighted by molar-refractivity contribution is 0.330. The minimum atomic E-state index is -4.33. The molecule has 0 aromatic carbocycles. The quantitative estimate of drug-likeness (QED) is 0.431. The van der Waals surface area contributed by atoms with E-state index in [1.54, 1.807) is 6.92 Å². The molecule has 154 valence electrons. The highest BCUT2D eigenvalue weighted by Crippen LogP contribution is 2.32. The van der Waals surface area contributed by atoms with Crippen LogP contribution in [-0.4, -0.2) is 69.7 Å². The summed E-state index contributed by atoms with van der Waals surface area (Å²) >= 11 is 5.67. The Kier molecular flexibility index (Phi) is 8.20. The molecule has 0 aromatic rings. The predicted molar refractivity (Wildman–Crippen MR) is 94.5 cm³/mol. The van der Waals surface area contributed by atoms with E-state index < -0.39 is 60.3 Å². The fraction of sp³-hybridized carbons (Fsp3) is 0.625. The molecule has 1 aliphatic heterocycles. The van der Waals surface area contributed by atoms with Gasteiger partial charge in [0.05, 0.1) is 6.61 Å². The van der Waals surface area contributed by atoms with E-state index in [9.17, 15) is 33.7 Å². The van der Waals surface area contributed by atoms with Crippen molar-refractivity contribution in [3.05, 3.63) is 9.27 Å². The summed E-state index contributed by atoms with van der Waals surface area (Å²) in [5.74, 6) is -0.394. The fourth-order valence-electron chi connectivity index (χ4n) is 1.26. The zero-order valence-electron chi connectivity index (χ0n) is 13.6. The van der Waals surface area contributed by atoms with Crippen LogP contribution in [0.2, 0.25) is 0 Å². The first-order valence-corrected chi connectivity index (χ1v) is 12.9. The SMILES string of the molecule is CCOC1=NS(=O)(=O)C(S(=O)(=O)N(C)C)=C1Cl.NS(=O)(=O)CS(N)(=O)=O. The Bertz CT molecular complexity index is 993. The van der Waals surface area contributed by atoms with E-state index >= 15 is 0 Å². The molecular weight excluding hydrogens is 460 g/mol. The summed E-state index contributed by atoms with van der Waals surface area (Å²) in [6.45, 7) is 1.72. The molecule has 0 amide bonds. The van der Waals surface area contributed by atoms with Gasteiger partial charge in [0.15, 0.2) is 5.08 Å². The van der Waals surface area contributed by atoms with Gasteiger partial charge in [0.25, 0.3) is 20.0 Å². The van der Waals surface area contributed by atoms with Crippen LogP contribution in [0.4, 0.5) is 0 Å². The summed E-state index contributed by atoms with van der Waals surface area (Å²) in [5, 5.41) is 6.95. The van der Waals surface area contributed by atoms with Gasteiger partial charge >= 0.3 is 0 Å². The van der Waals surface area contributed by atoms with E-state index in [0.717, 1.165) is 4.31 Å². The maximum absolute atomic E-state index is 11.8. The molecule has 18 heteroatoms. The molecule has 1 rings (SSSR count). The van der Waals surface area contributed by atoms with Crippen LogP contribution in [0.1, 0.15) is 6.92 Å². The van der Waals surface area contributed by atoms with Gasteiger partial charge in [0.1, 0.15) is 5.03 Å². The van der Waals surface area contributed by atoms with Crippen molar-refractivity contribution in [2.24, 2.45) is 14.7 Å². The van der Waals surface area contributed by atoms with Crippen molar-refractivity contribution in [2.75, 3.05) is 25.8 Å². The van der Waals surface area contributed by atoms with Crippen LogP contribution in [0, 0.1) is 0 Å². The van der Waals surface area contributed by atoms with Gasteiger partial charge in [-0.15, -0.1) is 4.40 Å². The van der Waals surface area contributed by atoms with Crippen LogP contribution in [0.25, 0.3) is 0 Å². The van der Waals surface area contributed by atoms with Crippen molar-refractivity contribution < 1.29 is 38.4 Å². The Balaban J connectivity index is 0.000000590. The molecule has 0 bridgehead atoms. The van der Waals surface area contributed by atoms with Gasteiger partial charge in [-0.25, -0.2) is 39.8 Å². The molecule has 4 N–H and O–H groups in total. The summed E-state index contributed by atoms with van der Waals surface area (Å²) in [6, 6.07) is 0. The van der Waals surface area contributed by atoms with Crippen LogP contribution >= 0.6 is 11.6 Å². The van der Waals surface area contributed by atoms with E-state index in [0.29, 0.717) is 0 Å². The van der Waals surface area contributed by atoms with Crippen LogP contribution in [0.5, 0.6) is 0 Å². The van der Waals surface area contributed by atoms with Crippen LogP contribution in [0.3, 0.4) is 0 Å². The second-order valence-electron chi connectivity index (χ2n) is 4.64. The molecule has 1 aliphatic rings. The first-order chi connectivity index (χ1) is 11.3. The zero-order chi connectivity index (χ0) is 21.1. The Morgan fingerprint density at radius 3 is 1.77 bits per heavy atom. The Morgan fingerprint density at radius 2 is 1.50 bits per heavy atom. The normalized spacial score (nSPS) is 17.6. The van der Waals surface area contributed by atoms with Gasteiger partial charge in [0, 0.05) is 14.1 Å². The molecule has 0 aromatic heterocycles. The van der Waals surface area contributed by atoms with E-state index in [1.165, 1.54) is 14.1 Å². The standard InChI is InChI=1S/C7H11ClN2O5S2.CH6N2O4S2/c1-4-15-6-5(8)7(16(11,12)9-6)17(13,14)10(2)3;2-8(4,5)1-9(3,6)7/h4H2,1-3H3;1H2,(H2,2,4,5)(H2,3,6,7). The number of hydrogen-bond acceptors (Lipinski definition) is 9. The van der Waals surface area contributed by atoms with E-state index in [-0.39, 0.29) is 6.61 Å². The zero-order valence-corrected chi connectivity index (χ0v) is 17.7. The molecule has 0 radical (unpaired) electrons. The Morgan fingerprint density at radius 1 is 1.08 bits per heavy atom. The van der Waals surface area contributed by atoms with Gasteiger partial charge < -0.3 is 4.74 Å². The average molecular weight is 477 g/mol. The highest BCUT2D eigenvalue weighted by molar-refractivity contribution is 8.13. The topological polar surface area (TPSA) is 213 Å². The van der Waals surface area contributed by atoms with Crippen LogP contribution < -0.4 is 10.3 Å².